The molecule has 0 aliphatic rings. The van der Waals surface area contributed by atoms with Gasteiger partial charge in [0.2, 0.25) is 0 Å². The fourth-order valence-corrected chi connectivity index (χ4v) is 1.84. The van der Waals surface area contributed by atoms with Gasteiger partial charge in [-0.05, 0) is 19.1 Å². The average Bonchev–Trinajstić information content (AvgIpc) is 2.42. The molecule has 0 atom stereocenters. The molecular formula is C14H16N2O3. The molecule has 2 aromatic rings. The number of pyridine rings is 1. The number of aromatic nitrogens is 1. The molecule has 1 aromatic carbocycles. The van der Waals surface area contributed by atoms with Gasteiger partial charge in [0.05, 0.1) is 17.7 Å². The van der Waals surface area contributed by atoms with Gasteiger partial charge in [-0.3, -0.25) is 0 Å². The first-order valence-electron chi connectivity index (χ1n) is 6.17. The molecule has 2 N–H and O–H groups in total. The maximum atomic E-state index is 11.3. The molecule has 0 saturated heterocycles. The largest absolute Gasteiger partial charge is 0.478 e. The minimum absolute atomic E-state index is 0.254. The van der Waals surface area contributed by atoms with Crippen molar-refractivity contribution in [3.8, 4) is 0 Å². The van der Waals surface area contributed by atoms with E-state index in [9.17, 15) is 9.90 Å². The van der Waals surface area contributed by atoms with Gasteiger partial charge < -0.3 is 15.2 Å². The van der Waals surface area contributed by atoms with Crippen LogP contribution in [0.2, 0.25) is 0 Å². The van der Waals surface area contributed by atoms with Crippen LogP contribution in [0, 0.1) is 0 Å². The molecule has 0 saturated carbocycles. The van der Waals surface area contributed by atoms with E-state index in [0.717, 1.165) is 0 Å². The second kappa shape index (κ2) is 6.15. The summed E-state index contributed by atoms with van der Waals surface area (Å²) in [5.41, 5.74) is 0.922. The molecular weight excluding hydrogens is 244 g/mol. The number of hydrogen-bond acceptors (Lipinski definition) is 4. The van der Waals surface area contributed by atoms with E-state index < -0.39 is 5.97 Å². The van der Waals surface area contributed by atoms with Gasteiger partial charge in [0.15, 0.2) is 0 Å². The van der Waals surface area contributed by atoms with Crippen molar-refractivity contribution in [1.82, 2.24) is 4.98 Å². The highest BCUT2D eigenvalue weighted by atomic mass is 16.5. The number of nitrogens with zero attached hydrogens (tertiary/aromatic N) is 1. The quantitative estimate of drug-likeness (QED) is 0.780. The molecule has 0 spiro atoms. The van der Waals surface area contributed by atoms with Crippen molar-refractivity contribution in [2.75, 3.05) is 25.1 Å². The Bertz CT molecular complexity index is 584. The molecule has 2 rings (SSSR count). The van der Waals surface area contributed by atoms with Gasteiger partial charge in [-0.15, -0.1) is 0 Å². The van der Waals surface area contributed by atoms with Crippen LogP contribution in [0.15, 0.2) is 30.3 Å². The molecule has 5 heteroatoms. The second-order valence-electron chi connectivity index (χ2n) is 4.00. The van der Waals surface area contributed by atoms with Crippen LogP contribution < -0.4 is 5.32 Å². The number of benzene rings is 1. The highest BCUT2D eigenvalue weighted by molar-refractivity contribution is 6.03. The summed E-state index contributed by atoms with van der Waals surface area (Å²) in [6.45, 7) is 3.75. The van der Waals surface area contributed by atoms with Gasteiger partial charge in [-0.25, -0.2) is 9.78 Å². The summed E-state index contributed by atoms with van der Waals surface area (Å²) in [4.78, 5) is 15.6. The van der Waals surface area contributed by atoms with E-state index in [1.165, 1.54) is 0 Å². The van der Waals surface area contributed by atoms with Gasteiger partial charge >= 0.3 is 5.97 Å². The maximum absolute atomic E-state index is 11.3. The Morgan fingerprint density at radius 2 is 2.21 bits per heavy atom. The third-order valence-electron chi connectivity index (χ3n) is 2.70. The van der Waals surface area contributed by atoms with Crippen LogP contribution in [0.1, 0.15) is 17.3 Å². The van der Waals surface area contributed by atoms with Crippen LogP contribution in [0.25, 0.3) is 10.9 Å². The van der Waals surface area contributed by atoms with Crippen molar-refractivity contribution in [3.63, 3.8) is 0 Å². The number of anilines is 1. The lowest BCUT2D eigenvalue weighted by atomic mass is 10.1. The second-order valence-corrected chi connectivity index (χ2v) is 4.00. The van der Waals surface area contributed by atoms with E-state index in [4.69, 9.17) is 4.74 Å². The molecule has 0 aliphatic heterocycles. The van der Waals surface area contributed by atoms with E-state index in [0.29, 0.717) is 36.5 Å². The fraction of sp³-hybridized carbons (Fsp3) is 0.286. The summed E-state index contributed by atoms with van der Waals surface area (Å²) in [6, 6.07) is 8.76. The summed E-state index contributed by atoms with van der Waals surface area (Å²) in [5, 5.41) is 12.9. The SMILES string of the molecule is CCOCCNc1cc(C(=O)O)c2ccccc2n1. The first-order valence-corrected chi connectivity index (χ1v) is 6.17. The Labute approximate surface area is 111 Å². The van der Waals surface area contributed by atoms with Crippen molar-refractivity contribution in [2.24, 2.45) is 0 Å². The topological polar surface area (TPSA) is 71.5 Å². The van der Waals surface area contributed by atoms with Crippen molar-refractivity contribution >= 4 is 22.7 Å². The Kier molecular flexibility index (Phi) is 4.30. The lowest BCUT2D eigenvalue weighted by molar-refractivity contribution is 0.0699. The summed E-state index contributed by atoms with van der Waals surface area (Å²) in [5.74, 6) is -0.401. The zero-order valence-electron chi connectivity index (χ0n) is 10.7. The number of carboxylic acid groups (broad SMARTS) is 1. The Morgan fingerprint density at radius 1 is 1.42 bits per heavy atom. The van der Waals surface area contributed by atoms with Gasteiger partial charge in [-0.2, -0.15) is 0 Å². The summed E-state index contributed by atoms with van der Waals surface area (Å²) < 4.78 is 5.21. The Hall–Kier alpha value is -2.14. The van der Waals surface area contributed by atoms with E-state index in [-0.39, 0.29) is 5.56 Å². The number of aromatic carboxylic acids is 1. The average molecular weight is 260 g/mol. The maximum Gasteiger partial charge on any atom is 0.336 e. The van der Waals surface area contributed by atoms with Crippen molar-refractivity contribution in [1.29, 1.82) is 0 Å². The molecule has 0 aliphatic carbocycles. The molecule has 0 bridgehead atoms. The van der Waals surface area contributed by atoms with Gasteiger partial charge in [-0.1, -0.05) is 18.2 Å². The summed E-state index contributed by atoms with van der Waals surface area (Å²) in [6.07, 6.45) is 0. The van der Waals surface area contributed by atoms with Crippen LogP contribution in [0.5, 0.6) is 0 Å². The summed E-state index contributed by atoms with van der Waals surface area (Å²) >= 11 is 0. The molecule has 1 heterocycles. The van der Waals surface area contributed by atoms with Crippen LogP contribution in [-0.4, -0.2) is 35.8 Å². The Morgan fingerprint density at radius 3 is 2.95 bits per heavy atom. The number of carbonyl (C=O) groups is 1. The van der Waals surface area contributed by atoms with E-state index in [1.54, 1.807) is 24.3 Å². The van der Waals surface area contributed by atoms with Crippen LogP contribution in [0.3, 0.4) is 0 Å². The standard InChI is InChI=1S/C14H16N2O3/c1-2-19-8-7-15-13-9-11(14(17)18)10-5-3-4-6-12(10)16-13/h3-6,9H,2,7-8H2,1H3,(H,15,16)(H,17,18). The Balaban J connectivity index is 2.27. The minimum atomic E-state index is -0.952. The monoisotopic (exact) mass is 260 g/mol. The van der Waals surface area contributed by atoms with Gasteiger partial charge in [0.1, 0.15) is 5.82 Å². The molecule has 0 radical (unpaired) electrons. The number of hydrogen-bond donors (Lipinski definition) is 2. The van der Waals surface area contributed by atoms with E-state index >= 15 is 0 Å². The number of rotatable bonds is 6. The highest BCUT2D eigenvalue weighted by Crippen LogP contribution is 2.20. The molecule has 19 heavy (non-hydrogen) atoms. The lowest BCUT2D eigenvalue weighted by Gasteiger charge is -2.09. The third-order valence-corrected chi connectivity index (χ3v) is 2.70. The van der Waals surface area contributed by atoms with Gasteiger partial charge in [0, 0.05) is 18.5 Å². The number of ether oxygens (including phenoxy) is 1. The minimum Gasteiger partial charge on any atom is -0.478 e. The first-order chi connectivity index (χ1) is 9.22. The molecule has 1 aromatic heterocycles. The first kappa shape index (κ1) is 13.3. The number of para-hydroxylation sites is 1. The van der Waals surface area contributed by atoms with Crippen LogP contribution >= 0.6 is 0 Å². The molecule has 5 nitrogen and oxygen atoms in total. The molecule has 100 valence electrons. The molecule has 0 unspecified atom stereocenters. The van der Waals surface area contributed by atoms with Crippen LogP contribution in [-0.2, 0) is 4.74 Å². The fourth-order valence-electron chi connectivity index (χ4n) is 1.84. The predicted molar refractivity (Wildman–Crippen MR) is 73.7 cm³/mol. The smallest absolute Gasteiger partial charge is 0.336 e. The van der Waals surface area contributed by atoms with Crippen molar-refractivity contribution in [3.05, 3.63) is 35.9 Å². The predicted octanol–water partition coefficient (Wildman–Crippen LogP) is 2.38. The third kappa shape index (κ3) is 3.20. The number of nitrogens with one attached hydrogen (secondary N) is 1. The van der Waals surface area contributed by atoms with Gasteiger partial charge in [0.25, 0.3) is 0 Å². The van der Waals surface area contributed by atoms with Crippen LogP contribution in [0.4, 0.5) is 5.82 Å². The highest BCUT2D eigenvalue weighted by Gasteiger charge is 2.11. The van der Waals surface area contributed by atoms with Crippen molar-refractivity contribution < 1.29 is 14.6 Å². The van der Waals surface area contributed by atoms with Crippen molar-refractivity contribution in [2.45, 2.75) is 6.92 Å². The van der Waals surface area contributed by atoms with E-state index in [1.807, 2.05) is 13.0 Å². The molecule has 0 fully saturated rings. The van der Waals surface area contributed by atoms with E-state index in [2.05, 4.69) is 10.3 Å². The summed E-state index contributed by atoms with van der Waals surface area (Å²) in [7, 11) is 0. The normalized spacial score (nSPS) is 10.6. The zero-order chi connectivity index (χ0) is 13.7. The lowest BCUT2D eigenvalue weighted by Crippen LogP contribution is -2.11. The zero-order valence-corrected chi connectivity index (χ0v) is 10.7. The number of carboxylic acids is 1. The molecule has 0 amide bonds. The number of fused-ring (bicyclic) bond motifs is 1.